The molecule has 1 heterocycles. The van der Waals surface area contributed by atoms with Crippen LogP contribution in [0.15, 0.2) is 47.7 Å². The number of nitrogens with zero attached hydrogens (tertiary/aromatic N) is 2. The number of aryl methyl sites for hydroxylation is 1. The molecule has 0 aliphatic heterocycles. The van der Waals surface area contributed by atoms with Crippen molar-refractivity contribution in [3.05, 3.63) is 58.9 Å². The number of benzene rings is 1. The number of aromatic nitrogens is 1. The lowest BCUT2D eigenvalue weighted by Gasteiger charge is -2.05. The third kappa shape index (κ3) is 3.48. The molecule has 5 heteroatoms. The lowest BCUT2D eigenvalue weighted by Crippen LogP contribution is -2.22. The molecule has 0 unspecified atom stereocenters. The van der Waals surface area contributed by atoms with Crippen molar-refractivity contribution in [2.24, 2.45) is 12.1 Å². The van der Waals surface area contributed by atoms with Crippen molar-refractivity contribution in [3.63, 3.8) is 0 Å². The molecule has 0 saturated carbocycles. The predicted molar refractivity (Wildman–Crippen MR) is 80.9 cm³/mol. The highest BCUT2D eigenvalue weighted by atomic mass is 35.5. The summed E-state index contributed by atoms with van der Waals surface area (Å²) >= 11 is 6.07. The molecule has 0 aliphatic carbocycles. The van der Waals surface area contributed by atoms with E-state index >= 15 is 0 Å². The molecule has 2 aromatic rings. The number of rotatable bonds is 4. The van der Waals surface area contributed by atoms with E-state index < -0.39 is 0 Å². The van der Waals surface area contributed by atoms with E-state index in [1.54, 1.807) is 6.07 Å². The maximum Gasteiger partial charge on any atom is 0.246 e. The number of carbonyl (C=O) groups excluding carboxylic acids is 1. The Morgan fingerprint density at radius 3 is 2.70 bits per heavy atom. The van der Waals surface area contributed by atoms with E-state index in [-0.39, 0.29) is 5.91 Å². The number of amides is 1. The minimum atomic E-state index is -0.154. The molecule has 0 atom stereocenters. The number of halogens is 1. The summed E-state index contributed by atoms with van der Waals surface area (Å²) in [4.78, 5) is 11.8. The van der Waals surface area contributed by atoms with Crippen molar-refractivity contribution < 1.29 is 4.79 Å². The van der Waals surface area contributed by atoms with Crippen LogP contribution in [0.4, 0.5) is 0 Å². The lowest BCUT2D eigenvalue weighted by atomic mass is 10.1. The van der Waals surface area contributed by atoms with Gasteiger partial charge in [-0.3, -0.25) is 4.79 Å². The summed E-state index contributed by atoms with van der Waals surface area (Å²) in [7, 11) is 1.90. The average molecular weight is 290 g/mol. The van der Waals surface area contributed by atoms with Crippen LogP contribution < -0.4 is 5.43 Å². The summed E-state index contributed by atoms with van der Waals surface area (Å²) in [5.41, 5.74) is 4.98. The minimum absolute atomic E-state index is 0.154. The normalized spacial score (nSPS) is 11.4. The Labute approximate surface area is 123 Å². The van der Waals surface area contributed by atoms with Crippen molar-refractivity contribution in [2.75, 3.05) is 0 Å². The largest absolute Gasteiger partial charge is 0.354 e. The molecule has 0 aliphatic rings. The van der Waals surface area contributed by atoms with Gasteiger partial charge in [-0.15, -0.1) is 0 Å². The fourth-order valence-corrected chi connectivity index (χ4v) is 2.12. The summed E-state index contributed by atoms with van der Waals surface area (Å²) in [6.07, 6.45) is 2.20. The zero-order valence-electron chi connectivity index (χ0n) is 11.4. The fourth-order valence-electron chi connectivity index (χ4n) is 1.85. The van der Waals surface area contributed by atoms with E-state index in [2.05, 4.69) is 10.5 Å². The van der Waals surface area contributed by atoms with Crippen LogP contribution in [0.25, 0.3) is 0 Å². The standard InChI is InChI=1S/C15H16ClN3O/c1-11(13-7-3-4-8-14(13)16)17-18-15(20)10-12-6-5-9-19(12)2/h3-9H,10H2,1-2H3,(H,18,20)/b17-11+. The van der Waals surface area contributed by atoms with Gasteiger partial charge in [0.25, 0.3) is 0 Å². The first-order valence-corrected chi connectivity index (χ1v) is 6.64. The zero-order valence-corrected chi connectivity index (χ0v) is 12.2. The second-order valence-electron chi connectivity index (χ2n) is 4.50. The Balaban J connectivity index is 2.00. The second-order valence-corrected chi connectivity index (χ2v) is 4.91. The highest BCUT2D eigenvalue weighted by Crippen LogP contribution is 2.15. The number of hydrogen-bond donors (Lipinski definition) is 1. The summed E-state index contributed by atoms with van der Waals surface area (Å²) < 4.78 is 1.91. The summed E-state index contributed by atoms with van der Waals surface area (Å²) in [6.45, 7) is 1.81. The topological polar surface area (TPSA) is 46.4 Å². The van der Waals surface area contributed by atoms with Crippen molar-refractivity contribution >= 4 is 23.2 Å². The van der Waals surface area contributed by atoms with Crippen LogP contribution in [0, 0.1) is 0 Å². The first-order valence-electron chi connectivity index (χ1n) is 6.26. The van der Waals surface area contributed by atoms with Crippen molar-refractivity contribution in [1.29, 1.82) is 0 Å². The third-order valence-corrected chi connectivity index (χ3v) is 3.33. The van der Waals surface area contributed by atoms with Crippen LogP contribution >= 0.6 is 11.6 Å². The Kier molecular flexibility index (Phi) is 4.58. The van der Waals surface area contributed by atoms with Gasteiger partial charge < -0.3 is 4.57 Å². The smallest absolute Gasteiger partial charge is 0.246 e. The molecular weight excluding hydrogens is 274 g/mol. The molecule has 104 valence electrons. The van der Waals surface area contributed by atoms with Gasteiger partial charge in [0.15, 0.2) is 0 Å². The molecule has 20 heavy (non-hydrogen) atoms. The van der Waals surface area contributed by atoms with E-state index in [0.29, 0.717) is 17.2 Å². The van der Waals surface area contributed by atoms with Crippen LogP contribution in [0.3, 0.4) is 0 Å². The van der Waals surface area contributed by atoms with Gasteiger partial charge in [0.05, 0.1) is 12.1 Å². The van der Waals surface area contributed by atoms with Gasteiger partial charge in [-0.1, -0.05) is 29.8 Å². The SMILES string of the molecule is C/C(=N\NC(=O)Cc1cccn1C)c1ccccc1Cl. The van der Waals surface area contributed by atoms with E-state index in [1.807, 2.05) is 55.1 Å². The quantitative estimate of drug-likeness (QED) is 0.683. The molecule has 1 aromatic carbocycles. The Morgan fingerprint density at radius 2 is 2.05 bits per heavy atom. The molecule has 0 radical (unpaired) electrons. The van der Waals surface area contributed by atoms with Crippen molar-refractivity contribution in [2.45, 2.75) is 13.3 Å². The van der Waals surface area contributed by atoms with Gasteiger partial charge in [0.1, 0.15) is 0 Å². The molecule has 1 N–H and O–H groups in total. The summed E-state index contributed by atoms with van der Waals surface area (Å²) in [6, 6.07) is 11.2. The molecule has 0 fully saturated rings. The fraction of sp³-hybridized carbons (Fsp3) is 0.200. The lowest BCUT2D eigenvalue weighted by molar-refractivity contribution is -0.120. The number of hydrogen-bond acceptors (Lipinski definition) is 2. The van der Waals surface area contributed by atoms with Gasteiger partial charge in [-0.05, 0) is 25.1 Å². The van der Waals surface area contributed by atoms with E-state index in [4.69, 9.17) is 11.6 Å². The van der Waals surface area contributed by atoms with E-state index in [9.17, 15) is 4.79 Å². The molecule has 1 amide bonds. The van der Waals surface area contributed by atoms with E-state index in [0.717, 1.165) is 11.3 Å². The molecule has 4 nitrogen and oxygen atoms in total. The summed E-state index contributed by atoms with van der Waals surface area (Å²) in [5.74, 6) is -0.154. The second kappa shape index (κ2) is 6.39. The highest BCUT2D eigenvalue weighted by molar-refractivity contribution is 6.34. The maximum absolute atomic E-state index is 11.8. The average Bonchev–Trinajstić information content (AvgIpc) is 2.82. The van der Waals surface area contributed by atoms with Crippen LogP contribution in [0.2, 0.25) is 5.02 Å². The summed E-state index contributed by atoms with van der Waals surface area (Å²) in [5, 5.41) is 4.70. The Bertz CT molecular complexity index is 646. The minimum Gasteiger partial charge on any atom is -0.354 e. The Morgan fingerprint density at radius 1 is 1.30 bits per heavy atom. The molecular formula is C15H16ClN3O. The number of nitrogens with one attached hydrogen (secondary N) is 1. The molecule has 0 spiro atoms. The predicted octanol–water partition coefficient (Wildman–Crippen LogP) is 2.76. The molecule has 2 rings (SSSR count). The Hall–Kier alpha value is -2.07. The van der Waals surface area contributed by atoms with Gasteiger partial charge >= 0.3 is 0 Å². The maximum atomic E-state index is 11.8. The first-order chi connectivity index (χ1) is 9.58. The van der Waals surface area contributed by atoms with Crippen molar-refractivity contribution in [1.82, 2.24) is 9.99 Å². The van der Waals surface area contributed by atoms with Gasteiger partial charge in [0, 0.05) is 29.5 Å². The van der Waals surface area contributed by atoms with Crippen LogP contribution in [0.1, 0.15) is 18.2 Å². The van der Waals surface area contributed by atoms with Crippen LogP contribution in [0.5, 0.6) is 0 Å². The highest BCUT2D eigenvalue weighted by Gasteiger charge is 2.06. The monoisotopic (exact) mass is 289 g/mol. The van der Waals surface area contributed by atoms with Gasteiger partial charge in [0.2, 0.25) is 5.91 Å². The molecule has 1 aromatic heterocycles. The third-order valence-electron chi connectivity index (χ3n) is 3.00. The molecule has 0 saturated heterocycles. The molecule has 0 bridgehead atoms. The van der Waals surface area contributed by atoms with Crippen molar-refractivity contribution in [3.8, 4) is 0 Å². The first kappa shape index (κ1) is 14.3. The number of hydrazone groups is 1. The van der Waals surface area contributed by atoms with Gasteiger partial charge in [-0.25, -0.2) is 5.43 Å². The zero-order chi connectivity index (χ0) is 14.5. The van der Waals surface area contributed by atoms with Crippen LogP contribution in [-0.4, -0.2) is 16.2 Å². The van der Waals surface area contributed by atoms with E-state index in [1.165, 1.54) is 0 Å². The number of carbonyl (C=O) groups is 1. The van der Waals surface area contributed by atoms with Gasteiger partial charge in [-0.2, -0.15) is 5.10 Å². The van der Waals surface area contributed by atoms with Crippen LogP contribution in [-0.2, 0) is 18.3 Å².